The summed E-state index contributed by atoms with van der Waals surface area (Å²) in [6, 6.07) is 6.34. The van der Waals surface area contributed by atoms with Crippen molar-refractivity contribution in [3.05, 3.63) is 53.1 Å². The van der Waals surface area contributed by atoms with E-state index in [1.54, 1.807) is 4.90 Å². The summed E-state index contributed by atoms with van der Waals surface area (Å²) in [6.45, 7) is 0.830. The minimum atomic E-state index is 0.157. The first-order valence-electron chi connectivity index (χ1n) is 6.50. The van der Waals surface area contributed by atoms with E-state index in [-0.39, 0.29) is 5.91 Å². The zero-order valence-corrected chi connectivity index (χ0v) is 10.6. The van der Waals surface area contributed by atoms with E-state index in [0.717, 1.165) is 31.4 Å². The van der Waals surface area contributed by atoms with Gasteiger partial charge in [0.25, 0.3) is 5.91 Å². The summed E-state index contributed by atoms with van der Waals surface area (Å²) in [5.41, 5.74) is 4.61. The lowest BCUT2D eigenvalue weighted by Crippen LogP contribution is -2.34. The minimum absolute atomic E-state index is 0.157. The van der Waals surface area contributed by atoms with Gasteiger partial charge in [0.05, 0.1) is 0 Å². The van der Waals surface area contributed by atoms with Crippen LogP contribution < -0.4 is 0 Å². The molecule has 1 aliphatic heterocycles. The number of hydrogen-bond donors (Lipinski definition) is 0. The second-order valence-corrected chi connectivity index (χ2v) is 5.01. The van der Waals surface area contributed by atoms with Gasteiger partial charge >= 0.3 is 0 Å². The molecule has 2 aliphatic rings. The fraction of sp³-hybridized carbons (Fsp3) is 0.312. The van der Waals surface area contributed by atoms with Crippen molar-refractivity contribution in [2.45, 2.75) is 19.3 Å². The van der Waals surface area contributed by atoms with Gasteiger partial charge in [-0.2, -0.15) is 0 Å². The highest BCUT2D eigenvalue weighted by Crippen LogP contribution is 2.27. The van der Waals surface area contributed by atoms with Gasteiger partial charge in [-0.3, -0.25) is 4.79 Å². The monoisotopic (exact) mass is 239 g/mol. The Morgan fingerprint density at radius 1 is 1.22 bits per heavy atom. The Labute approximate surface area is 108 Å². The van der Waals surface area contributed by atoms with Crippen molar-refractivity contribution in [2.75, 3.05) is 13.6 Å². The minimum Gasteiger partial charge on any atom is -0.341 e. The number of hydrogen-bond acceptors (Lipinski definition) is 1. The molecule has 0 spiro atoms. The number of benzene rings is 1. The van der Waals surface area contributed by atoms with Crippen LogP contribution in [-0.4, -0.2) is 24.4 Å². The molecule has 0 unspecified atom stereocenters. The summed E-state index contributed by atoms with van der Waals surface area (Å²) in [5, 5.41) is 0. The van der Waals surface area contributed by atoms with Crippen LogP contribution in [0.5, 0.6) is 0 Å². The van der Waals surface area contributed by atoms with Crippen molar-refractivity contribution in [1.82, 2.24) is 4.90 Å². The van der Waals surface area contributed by atoms with E-state index < -0.39 is 0 Å². The SMILES string of the molecule is CN1CCc2ccc(C3=CC=CCC3)cc2C1=O. The molecule has 1 heterocycles. The molecule has 1 aliphatic carbocycles. The normalized spacial score (nSPS) is 18.6. The predicted molar refractivity (Wildman–Crippen MR) is 73.5 cm³/mol. The van der Waals surface area contributed by atoms with Gasteiger partial charge in [-0.1, -0.05) is 30.4 Å². The van der Waals surface area contributed by atoms with Crippen LogP contribution in [0.4, 0.5) is 0 Å². The van der Waals surface area contributed by atoms with Crippen LogP contribution in [0.3, 0.4) is 0 Å². The van der Waals surface area contributed by atoms with Gasteiger partial charge in [0.1, 0.15) is 0 Å². The van der Waals surface area contributed by atoms with Crippen LogP contribution in [0.15, 0.2) is 36.4 Å². The lowest BCUT2D eigenvalue weighted by molar-refractivity contribution is 0.0781. The van der Waals surface area contributed by atoms with Gasteiger partial charge in [0.2, 0.25) is 0 Å². The first-order valence-corrected chi connectivity index (χ1v) is 6.50. The molecule has 1 aromatic rings. The number of fused-ring (bicyclic) bond motifs is 1. The topological polar surface area (TPSA) is 20.3 Å². The molecule has 0 N–H and O–H groups in total. The van der Waals surface area contributed by atoms with Crippen molar-refractivity contribution in [2.24, 2.45) is 0 Å². The number of carbonyl (C=O) groups is 1. The zero-order chi connectivity index (χ0) is 12.5. The number of nitrogens with zero attached hydrogens (tertiary/aromatic N) is 1. The fourth-order valence-electron chi connectivity index (χ4n) is 2.63. The van der Waals surface area contributed by atoms with Crippen molar-refractivity contribution in [3.8, 4) is 0 Å². The molecule has 3 rings (SSSR count). The Morgan fingerprint density at radius 3 is 2.89 bits per heavy atom. The smallest absolute Gasteiger partial charge is 0.253 e. The molecule has 18 heavy (non-hydrogen) atoms. The maximum Gasteiger partial charge on any atom is 0.253 e. The van der Waals surface area contributed by atoms with Crippen LogP contribution in [0, 0.1) is 0 Å². The highest BCUT2D eigenvalue weighted by atomic mass is 16.2. The van der Waals surface area contributed by atoms with Crippen molar-refractivity contribution in [1.29, 1.82) is 0 Å². The van der Waals surface area contributed by atoms with Gasteiger partial charge in [0, 0.05) is 19.2 Å². The average molecular weight is 239 g/mol. The number of allylic oxidation sites excluding steroid dienone is 4. The van der Waals surface area contributed by atoms with E-state index in [4.69, 9.17) is 0 Å². The lowest BCUT2D eigenvalue weighted by atomic mass is 9.91. The predicted octanol–water partition coefficient (Wildman–Crippen LogP) is 3.05. The largest absolute Gasteiger partial charge is 0.341 e. The average Bonchev–Trinajstić information content (AvgIpc) is 2.44. The van der Waals surface area contributed by atoms with Gasteiger partial charge < -0.3 is 4.90 Å². The van der Waals surface area contributed by atoms with E-state index >= 15 is 0 Å². The fourth-order valence-corrected chi connectivity index (χ4v) is 2.63. The third-order valence-corrected chi connectivity index (χ3v) is 3.79. The Balaban J connectivity index is 2.02. The summed E-state index contributed by atoms with van der Waals surface area (Å²) < 4.78 is 0. The zero-order valence-electron chi connectivity index (χ0n) is 10.6. The maximum atomic E-state index is 12.1. The van der Waals surface area contributed by atoms with Crippen LogP contribution >= 0.6 is 0 Å². The van der Waals surface area contributed by atoms with Crippen LogP contribution in [0.1, 0.15) is 34.3 Å². The standard InChI is InChI=1S/C16H17NO/c1-17-10-9-13-7-8-14(11-15(13)16(17)18)12-5-3-2-4-6-12/h2-3,5,7-8,11H,4,6,9-10H2,1H3. The van der Waals surface area contributed by atoms with E-state index in [9.17, 15) is 4.79 Å². The second-order valence-electron chi connectivity index (χ2n) is 5.01. The Kier molecular flexibility index (Phi) is 2.78. The summed E-state index contributed by atoms with van der Waals surface area (Å²) in [7, 11) is 1.88. The van der Waals surface area contributed by atoms with E-state index in [1.807, 2.05) is 7.05 Å². The maximum absolute atomic E-state index is 12.1. The van der Waals surface area contributed by atoms with Gasteiger partial charge in [0.15, 0.2) is 0 Å². The second kappa shape index (κ2) is 4.45. The summed E-state index contributed by atoms with van der Waals surface area (Å²) in [6.07, 6.45) is 9.57. The molecule has 1 aromatic carbocycles. The molecule has 0 aromatic heterocycles. The van der Waals surface area contributed by atoms with E-state index in [0.29, 0.717) is 0 Å². The molecule has 2 nitrogen and oxygen atoms in total. The molecular formula is C16H17NO. The van der Waals surface area contributed by atoms with E-state index in [2.05, 4.69) is 36.4 Å². The Morgan fingerprint density at radius 2 is 2.11 bits per heavy atom. The summed E-state index contributed by atoms with van der Waals surface area (Å²) >= 11 is 0. The van der Waals surface area contributed by atoms with Gasteiger partial charge in [-0.25, -0.2) is 0 Å². The highest BCUT2D eigenvalue weighted by molar-refractivity contribution is 5.97. The molecule has 0 fully saturated rings. The van der Waals surface area contributed by atoms with Gasteiger partial charge in [-0.15, -0.1) is 0 Å². The molecule has 2 heteroatoms. The molecule has 0 saturated carbocycles. The Bertz CT molecular complexity index is 554. The number of likely N-dealkylation sites (N-methyl/N-ethyl adjacent to an activating group) is 1. The highest BCUT2D eigenvalue weighted by Gasteiger charge is 2.21. The molecule has 92 valence electrons. The van der Waals surface area contributed by atoms with Crippen LogP contribution in [-0.2, 0) is 6.42 Å². The molecule has 0 atom stereocenters. The molecule has 0 saturated heterocycles. The lowest BCUT2D eigenvalue weighted by Gasteiger charge is -2.25. The molecule has 0 bridgehead atoms. The van der Waals surface area contributed by atoms with Crippen LogP contribution in [0.2, 0.25) is 0 Å². The van der Waals surface area contributed by atoms with Crippen molar-refractivity contribution >= 4 is 11.5 Å². The van der Waals surface area contributed by atoms with Crippen LogP contribution in [0.25, 0.3) is 5.57 Å². The number of amides is 1. The van der Waals surface area contributed by atoms with E-state index in [1.165, 1.54) is 16.7 Å². The van der Waals surface area contributed by atoms with Gasteiger partial charge in [-0.05, 0) is 42.0 Å². The molecule has 1 amide bonds. The van der Waals surface area contributed by atoms with Crippen molar-refractivity contribution < 1.29 is 4.79 Å². The van der Waals surface area contributed by atoms with Crippen molar-refractivity contribution in [3.63, 3.8) is 0 Å². The summed E-state index contributed by atoms with van der Waals surface area (Å²) in [5.74, 6) is 0.157. The third kappa shape index (κ3) is 1.88. The third-order valence-electron chi connectivity index (χ3n) is 3.79. The summed E-state index contributed by atoms with van der Waals surface area (Å²) in [4.78, 5) is 14.0. The number of rotatable bonds is 1. The molecular weight excluding hydrogens is 222 g/mol. The quantitative estimate of drug-likeness (QED) is 0.737. The first kappa shape index (κ1) is 11.3. The number of carbonyl (C=O) groups excluding carboxylic acids is 1. The Hall–Kier alpha value is -1.83. The first-order chi connectivity index (χ1) is 8.75. The molecule has 0 radical (unpaired) electrons.